The van der Waals surface area contributed by atoms with E-state index in [-0.39, 0.29) is 60.1 Å². The third kappa shape index (κ3) is 5.16. The zero-order valence-electron chi connectivity index (χ0n) is 26.1. The van der Waals surface area contributed by atoms with Crippen LogP contribution < -0.4 is 4.90 Å². The van der Waals surface area contributed by atoms with Gasteiger partial charge in [0.05, 0.1) is 54.3 Å². The Morgan fingerprint density at radius 2 is 1.98 bits per heavy atom. The van der Waals surface area contributed by atoms with Gasteiger partial charge in [-0.1, -0.05) is 18.5 Å². The van der Waals surface area contributed by atoms with Gasteiger partial charge in [0.1, 0.15) is 22.6 Å². The monoisotopic (exact) mass is 683 g/mol. The van der Waals surface area contributed by atoms with E-state index in [2.05, 4.69) is 15.1 Å². The Morgan fingerprint density at radius 1 is 1.15 bits per heavy atom. The highest BCUT2D eigenvalue weighted by Crippen LogP contribution is 2.51. The minimum Gasteiger partial charge on any atom is -0.386 e. The van der Waals surface area contributed by atoms with Crippen molar-refractivity contribution in [3.63, 3.8) is 0 Å². The zero-order valence-corrected chi connectivity index (χ0v) is 27.7. The number of hydrogen-bond acceptors (Lipinski definition) is 10. The largest absolute Gasteiger partial charge is 0.386 e. The average molecular weight is 684 g/mol. The summed E-state index contributed by atoms with van der Waals surface area (Å²) in [5, 5.41) is 21.3. The van der Waals surface area contributed by atoms with Gasteiger partial charge in [0, 0.05) is 29.1 Å². The molecule has 1 aromatic carbocycles. The topological polar surface area (TPSA) is 137 Å². The number of hydrogen-bond donors (Lipinski definition) is 1. The number of benzene rings is 1. The van der Waals surface area contributed by atoms with Crippen molar-refractivity contribution in [2.75, 3.05) is 43.6 Å². The molecule has 3 fully saturated rings. The lowest BCUT2D eigenvalue weighted by Crippen LogP contribution is -2.42. The van der Waals surface area contributed by atoms with Crippen molar-refractivity contribution < 1.29 is 27.4 Å². The summed E-state index contributed by atoms with van der Waals surface area (Å²) in [5.74, 6) is -0.721. The second-order valence-electron chi connectivity index (χ2n) is 13.0. The molecule has 3 aliphatic rings. The number of fused-ring (bicyclic) bond motifs is 4. The van der Waals surface area contributed by atoms with Crippen LogP contribution in [-0.2, 0) is 19.3 Å². The van der Waals surface area contributed by atoms with E-state index in [1.165, 1.54) is 11.4 Å². The Balaban J connectivity index is 1.46. The number of nitrogens with zero attached hydrogens (tertiary/aromatic N) is 7. The summed E-state index contributed by atoms with van der Waals surface area (Å²) in [4.78, 5) is 10.7. The fraction of sp³-hybridized carbons (Fsp3) is 0.500. The quantitative estimate of drug-likeness (QED) is 0.242. The summed E-state index contributed by atoms with van der Waals surface area (Å²) in [7, 11) is -3.97. The van der Waals surface area contributed by atoms with E-state index < -0.39 is 26.4 Å². The van der Waals surface area contributed by atoms with Crippen molar-refractivity contribution in [3.05, 3.63) is 40.9 Å². The van der Waals surface area contributed by atoms with Gasteiger partial charge in [-0.25, -0.2) is 32.0 Å². The molecule has 8 rings (SSSR count). The van der Waals surface area contributed by atoms with Crippen LogP contribution in [0, 0.1) is 5.82 Å². The molecule has 47 heavy (non-hydrogen) atoms. The predicted molar refractivity (Wildman–Crippen MR) is 174 cm³/mol. The maximum atomic E-state index is 17.6. The van der Waals surface area contributed by atoms with Crippen LogP contribution in [-0.4, -0.2) is 87.2 Å². The summed E-state index contributed by atoms with van der Waals surface area (Å²) in [6, 6.07) is 3.62. The van der Waals surface area contributed by atoms with E-state index >= 15 is 4.39 Å². The highest BCUT2D eigenvalue weighted by Gasteiger charge is 2.36. The zero-order chi connectivity index (χ0) is 32.7. The highest BCUT2D eigenvalue weighted by atomic mass is 35.5. The average Bonchev–Trinajstić information content (AvgIpc) is 3.68. The number of aromatic nitrogens is 6. The Morgan fingerprint density at radius 3 is 2.72 bits per heavy atom. The molecule has 0 radical (unpaired) electrons. The van der Waals surface area contributed by atoms with Crippen molar-refractivity contribution >= 4 is 54.6 Å². The van der Waals surface area contributed by atoms with Crippen molar-refractivity contribution in [1.82, 2.24) is 29.4 Å². The molecule has 1 N–H and O–H groups in total. The third-order valence-electron chi connectivity index (χ3n) is 9.35. The fourth-order valence-corrected chi connectivity index (χ4v) is 8.00. The summed E-state index contributed by atoms with van der Waals surface area (Å²) < 4.78 is 59.2. The normalized spacial score (nSPS) is 22.8. The summed E-state index contributed by atoms with van der Waals surface area (Å²) in [5.41, 5.74) is 1.24. The molecule has 1 saturated carbocycles. The predicted octanol–water partition coefficient (Wildman–Crippen LogP) is 5.04. The lowest BCUT2D eigenvalue weighted by atomic mass is 9.95. The van der Waals surface area contributed by atoms with Gasteiger partial charge in [-0.2, -0.15) is 10.2 Å². The van der Waals surface area contributed by atoms with Crippen LogP contribution >= 0.6 is 11.6 Å². The molecule has 2 aliphatic heterocycles. The number of β-amino-alcohol motifs (C(OH)–C–C–N with tert-alkyl or cyclic N) is 1. The molecule has 2 atom stereocenters. The van der Waals surface area contributed by atoms with Gasteiger partial charge in [-0.3, -0.25) is 0 Å². The number of sulfone groups is 1. The molecule has 1 aliphatic carbocycles. The van der Waals surface area contributed by atoms with Gasteiger partial charge in [-0.15, -0.1) is 0 Å². The van der Waals surface area contributed by atoms with E-state index in [1.807, 2.05) is 10.7 Å². The summed E-state index contributed by atoms with van der Waals surface area (Å²) >= 11 is 7.05. The Hall–Kier alpha value is -3.43. The van der Waals surface area contributed by atoms with Crippen molar-refractivity contribution in [3.8, 4) is 11.3 Å². The molecular formula is C32H35ClFN7O5S. The van der Waals surface area contributed by atoms with Crippen LogP contribution in [0.3, 0.4) is 0 Å². The smallest absolute Gasteiger partial charge is 0.249 e. The molecule has 1 unspecified atom stereocenters. The minimum absolute atomic E-state index is 0.0809. The first kappa shape index (κ1) is 30.9. The molecule has 6 heterocycles. The van der Waals surface area contributed by atoms with Crippen LogP contribution in [0.2, 0.25) is 5.02 Å². The summed E-state index contributed by atoms with van der Waals surface area (Å²) in [6.07, 6.45) is 7.60. The van der Waals surface area contributed by atoms with Gasteiger partial charge < -0.3 is 19.5 Å². The molecule has 0 bridgehead atoms. The molecule has 2 saturated heterocycles. The summed E-state index contributed by atoms with van der Waals surface area (Å²) in [6.45, 7) is 4.47. The first-order valence-electron chi connectivity index (χ1n) is 16.0. The maximum absolute atomic E-state index is 17.6. The number of rotatable bonds is 6. The van der Waals surface area contributed by atoms with E-state index in [4.69, 9.17) is 26.2 Å². The molecule has 0 amide bonds. The van der Waals surface area contributed by atoms with Crippen molar-refractivity contribution in [1.29, 1.82) is 0 Å². The Labute approximate surface area is 275 Å². The van der Waals surface area contributed by atoms with Gasteiger partial charge in [-0.05, 0) is 62.6 Å². The van der Waals surface area contributed by atoms with Crippen LogP contribution in [0.15, 0.2) is 29.7 Å². The van der Waals surface area contributed by atoms with Crippen LogP contribution in [0.25, 0.3) is 38.6 Å². The van der Waals surface area contributed by atoms with Gasteiger partial charge in [0.25, 0.3) is 0 Å². The number of ether oxygens (including phenoxy) is 2. The number of pyridine rings is 1. The molecule has 4 aromatic heterocycles. The second kappa shape index (κ2) is 11.3. The van der Waals surface area contributed by atoms with Crippen LogP contribution in [0.4, 0.5) is 10.2 Å². The second-order valence-corrected chi connectivity index (χ2v) is 15.6. The number of aliphatic hydroxyl groups is 1. The van der Waals surface area contributed by atoms with Crippen molar-refractivity contribution in [2.24, 2.45) is 0 Å². The molecule has 15 heteroatoms. The molecule has 0 spiro atoms. The van der Waals surface area contributed by atoms with Crippen molar-refractivity contribution in [2.45, 2.75) is 68.9 Å². The number of anilines is 1. The fourth-order valence-electron chi connectivity index (χ4n) is 6.94. The SMILES string of the molecule is CCS(=O)(=O)c1nc(N2CCOC[C@@](C)(O)C2)c2c(n1)c(F)c(-c1c(C3CC3)c(Cl)cc3c1cnn3C1CCCCO1)n1nccc21. The lowest BCUT2D eigenvalue weighted by Gasteiger charge is -2.29. The third-order valence-corrected chi connectivity index (χ3v) is 11.2. The van der Waals surface area contributed by atoms with Gasteiger partial charge in [0.15, 0.2) is 12.0 Å². The van der Waals surface area contributed by atoms with E-state index in [1.54, 1.807) is 30.3 Å². The standard InChI is InChI=1S/C32H35ClFN7O5S/c1-3-47(43,44)31-37-28-26(30(38-31)39-11-13-45-17-32(2,42)16-39)21-9-10-35-41(21)29(27(28)34)25-19-15-36-40(23-6-4-5-12-46-23)22(19)14-20(33)24(25)18-7-8-18/h9-10,14-15,18,23,42H,3-8,11-13,16-17H2,1-2H3/t23?,32-/m0/s1. The van der Waals surface area contributed by atoms with Gasteiger partial charge >= 0.3 is 0 Å². The Bertz CT molecular complexity index is 2160. The highest BCUT2D eigenvalue weighted by molar-refractivity contribution is 7.91. The Kier molecular flexibility index (Phi) is 7.44. The van der Waals surface area contributed by atoms with Crippen LogP contribution in [0.1, 0.15) is 63.7 Å². The van der Waals surface area contributed by atoms with Crippen LogP contribution in [0.5, 0.6) is 0 Å². The first-order valence-corrected chi connectivity index (χ1v) is 18.1. The molecular weight excluding hydrogens is 649 g/mol. The first-order chi connectivity index (χ1) is 22.6. The van der Waals surface area contributed by atoms with Gasteiger partial charge in [0.2, 0.25) is 15.0 Å². The molecule has 248 valence electrons. The lowest BCUT2D eigenvalue weighted by molar-refractivity contribution is -0.0366. The minimum atomic E-state index is -3.97. The number of halogens is 2. The molecule has 5 aromatic rings. The maximum Gasteiger partial charge on any atom is 0.249 e. The van der Waals surface area contributed by atoms with E-state index in [9.17, 15) is 13.5 Å². The van der Waals surface area contributed by atoms with E-state index in [0.717, 1.165) is 37.7 Å². The molecule has 12 nitrogen and oxygen atoms in total. The van der Waals surface area contributed by atoms with E-state index in [0.29, 0.717) is 40.2 Å².